The van der Waals surface area contributed by atoms with Crippen molar-refractivity contribution in [1.29, 1.82) is 0 Å². The summed E-state index contributed by atoms with van der Waals surface area (Å²) in [6.45, 7) is 3.94. The Hall–Kier alpha value is -1.78. The molecule has 0 bridgehead atoms. The van der Waals surface area contributed by atoms with E-state index in [0.29, 0.717) is 5.57 Å². The zero-order valence-corrected chi connectivity index (χ0v) is 9.99. The van der Waals surface area contributed by atoms with Crippen LogP contribution < -0.4 is 0 Å². The number of esters is 2. The Morgan fingerprint density at radius 2 is 1.82 bits per heavy atom. The second-order valence-corrected chi connectivity index (χ2v) is 3.48. The van der Waals surface area contributed by atoms with Crippen LogP contribution in [0.2, 0.25) is 0 Å². The van der Waals surface area contributed by atoms with E-state index in [0.717, 1.165) is 0 Å². The SMILES string of the molecule is CCOC(=O)C1=CCC(C(=O)OCC)=C(O)C1. The lowest BCUT2D eigenvalue weighted by atomic mass is 9.97. The summed E-state index contributed by atoms with van der Waals surface area (Å²) >= 11 is 0. The van der Waals surface area contributed by atoms with Crippen LogP contribution in [0, 0.1) is 0 Å². The molecule has 0 heterocycles. The van der Waals surface area contributed by atoms with Gasteiger partial charge in [-0.2, -0.15) is 0 Å². The molecule has 0 radical (unpaired) electrons. The number of rotatable bonds is 4. The Morgan fingerprint density at radius 1 is 1.24 bits per heavy atom. The molecule has 0 aromatic carbocycles. The van der Waals surface area contributed by atoms with Crippen molar-refractivity contribution in [2.75, 3.05) is 13.2 Å². The number of hydrogen-bond donors (Lipinski definition) is 1. The van der Waals surface area contributed by atoms with Gasteiger partial charge in [0.15, 0.2) is 0 Å². The average Bonchev–Trinajstić information content (AvgIpc) is 2.29. The van der Waals surface area contributed by atoms with Crippen molar-refractivity contribution < 1.29 is 24.2 Å². The average molecular weight is 240 g/mol. The molecule has 1 aliphatic carbocycles. The Kier molecular flexibility index (Phi) is 4.75. The van der Waals surface area contributed by atoms with Crippen LogP contribution >= 0.6 is 0 Å². The lowest BCUT2D eigenvalue weighted by Crippen LogP contribution is -2.16. The fourth-order valence-corrected chi connectivity index (χ4v) is 1.50. The highest BCUT2D eigenvalue weighted by Gasteiger charge is 2.24. The van der Waals surface area contributed by atoms with Gasteiger partial charge in [-0.25, -0.2) is 9.59 Å². The largest absolute Gasteiger partial charge is 0.511 e. The van der Waals surface area contributed by atoms with Crippen LogP contribution in [0.3, 0.4) is 0 Å². The second kappa shape index (κ2) is 6.08. The van der Waals surface area contributed by atoms with Gasteiger partial charge in [-0.1, -0.05) is 6.08 Å². The first-order valence-corrected chi connectivity index (χ1v) is 5.54. The van der Waals surface area contributed by atoms with Gasteiger partial charge in [0.25, 0.3) is 0 Å². The zero-order valence-electron chi connectivity index (χ0n) is 9.99. The Labute approximate surface area is 99.7 Å². The molecule has 1 aliphatic rings. The fraction of sp³-hybridized carbons (Fsp3) is 0.500. The molecule has 0 aromatic rings. The van der Waals surface area contributed by atoms with Crippen molar-refractivity contribution in [1.82, 2.24) is 0 Å². The quantitative estimate of drug-likeness (QED) is 0.756. The Morgan fingerprint density at radius 3 is 2.35 bits per heavy atom. The molecule has 0 unspecified atom stereocenters. The summed E-state index contributed by atoms with van der Waals surface area (Å²) in [5.74, 6) is -1.11. The van der Waals surface area contributed by atoms with Crippen LogP contribution in [0.15, 0.2) is 23.0 Å². The molecule has 5 heteroatoms. The molecule has 5 nitrogen and oxygen atoms in total. The summed E-state index contributed by atoms with van der Waals surface area (Å²) in [6, 6.07) is 0. The van der Waals surface area contributed by atoms with Gasteiger partial charge in [-0.15, -0.1) is 0 Å². The summed E-state index contributed by atoms with van der Waals surface area (Å²) in [5, 5.41) is 9.68. The molecule has 0 aliphatic heterocycles. The third-order valence-corrected chi connectivity index (χ3v) is 2.32. The minimum atomic E-state index is -0.538. The molecule has 0 aromatic heterocycles. The van der Waals surface area contributed by atoms with Crippen molar-refractivity contribution in [2.24, 2.45) is 0 Å². The molecule has 0 atom stereocenters. The Bertz CT molecular complexity index is 378. The smallest absolute Gasteiger partial charge is 0.337 e. The molecule has 1 N–H and O–H groups in total. The van der Waals surface area contributed by atoms with Gasteiger partial charge in [0, 0.05) is 18.4 Å². The first kappa shape index (κ1) is 13.3. The molecule has 1 rings (SSSR count). The van der Waals surface area contributed by atoms with E-state index in [-0.39, 0.29) is 37.4 Å². The van der Waals surface area contributed by atoms with Crippen LogP contribution in [0.25, 0.3) is 0 Å². The van der Waals surface area contributed by atoms with Gasteiger partial charge in [0.2, 0.25) is 0 Å². The fourth-order valence-electron chi connectivity index (χ4n) is 1.50. The topological polar surface area (TPSA) is 72.8 Å². The lowest BCUT2D eigenvalue weighted by molar-refractivity contribution is -0.140. The maximum Gasteiger partial charge on any atom is 0.337 e. The van der Waals surface area contributed by atoms with Crippen molar-refractivity contribution in [3.8, 4) is 0 Å². The standard InChI is InChI=1S/C12H16O5/c1-3-16-11(14)8-5-6-9(10(13)7-8)12(15)17-4-2/h5,13H,3-4,6-7H2,1-2H3. The van der Waals surface area contributed by atoms with E-state index in [2.05, 4.69) is 0 Å². The zero-order chi connectivity index (χ0) is 12.8. The highest BCUT2D eigenvalue weighted by atomic mass is 16.5. The monoisotopic (exact) mass is 240 g/mol. The third kappa shape index (κ3) is 3.34. The van der Waals surface area contributed by atoms with E-state index in [4.69, 9.17) is 9.47 Å². The van der Waals surface area contributed by atoms with Crippen molar-refractivity contribution >= 4 is 11.9 Å². The minimum absolute atomic E-state index is 0.0208. The molecule has 0 fully saturated rings. The molecule has 17 heavy (non-hydrogen) atoms. The predicted molar refractivity (Wildman–Crippen MR) is 60.2 cm³/mol. The van der Waals surface area contributed by atoms with E-state index >= 15 is 0 Å². The molecule has 94 valence electrons. The maximum atomic E-state index is 11.4. The third-order valence-electron chi connectivity index (χ3n) is 2.32. The first-order chi connectivity index (χ1) is 8.10. The number of carbonyl (C=O) groups excluding carboxylic acids is 2. The summed E-state index contributed by atoms with van der Waals surface area (Å²) in [4.78, 5) is 22.8. The van der Waals surface area contributed by atoms with E-state index in [1.54, 1.807) is 19.9 Å². The summed E-state index contributed by atoms with van der Waals surface area (Å²) < 4.78 is 9.61. The van der Waals surface area contributed by atoms with Gasteiger partial charge < -0.3 is 14.6 Å². The highest BCUT2D eigenvalue weighted by Crippen LogP contribution is 2.24. The normalized spacial score (nSPS) is 15.3. The van der Waals surface area contributed by atoms with Crippen molar-refractivity contribution in [3.05, 3.63) is 23.0 Å². The summed E-state index contributed by atoms with van der Waals surface area (Å²) in [6.07, 6.45) is 1.80. The molecule has 0 saturated heterocycles. The van der Waals surface area contributed by atoms with Crippen molar-refractivity contribution in [2.45, 2.75) is 26.7 Å². The number of ether oxygens (including phenoxy) is 2. The number of aliphatic hydroxyl groups excluding tert-OH is 1. The van der Waals surface area contributed by atoms with Crippen LogP contribution in [0.4, 0.5) is 0 Å². The van der Waals surface area contributed by atoms with E-state index in [1.807, 2.05) is 0 Å². The number of aliphatic hydroxyl groups is 1. The minimum Gasteiger partial charge on any atom is -0.511 e. The second-order valence-electron chi connectivity index (χ2n) is 3.48. The summed E-state index contributed by atoms with van der Waals surface area (Å²) in [5.41, 5.74) is 0.581. The molecule has 0 spiro atoms. The number of hydrogen-bond acceptors (Lipinski definition) is 5. The van der Waals surface area contributed by atoms with E-state index in [1.165, 1.54) is 0 Å². The van der Waals surface area contributed by atoms with Crippen LogP contribution in [-0.4, -0.2) is 30.3 Å². The van der Waals surface area contributed by atoms with Gasteiger partial charge in [0.05, 0.1) is 18.8 Å². The van der Waals surface area contributed by atoms with Gasteiger partial charge >= 0.3 is 11.9 Å². The molecular weight excluding hydrogens is 224 g/mol. The number of carbonyl (C=O) groups is 2. The van der Waals surface area contributed by atoms with Crippen LogP contribution in [-0.2, 0) is 19.1 Å². The first-order valence-electron chi connectivity index (χ1n) is 5.54. The predicted octanol–water partition coefficient (Wildman–Crippen LogP) is 1.64. The lowest BCUT2D eigenvalue weighted by Gasteiger charge is -2.15. The van der Waals surface area contributed by atoms with E-state index < -0.39 is 11.9 Å². The maximum absolute atomic E-state index is 11.4. The summed E-state index contributed by atoms with van der Waals surface area (Å²) in [7, 11) is 0. The Balaban J connectivity index is 2.69. The van der Waals surface area contributed by atoms with Gasteiger partial charge in [0.1, 0.15) is 5.76 Å². The number of allylic oxidation sites excluding steroid dienone is 2. The van der Waals surface area contributed by atoms with Crippen LogP contribution in [0.5, 0.6) is 0 Å². The van der Waals surface area contributed by atoms with Crippen molar-refractivity contribution in [3.63, 3.8) is 0 Å². The molecule has 0 amide bonds. The highest BCUT2D eigenvalue weighted by molar-refractivity contribution is 5.93. The molecule has 0 saturated carbocycles. The van der Waals surface area contributed by atoms with Crippen LogP contribution in [0.1, 0.15) is 26.7 Å². The van der Waals surface area contributed by atoms with Gasteiger partial charge in [-0.3, -0.25) is 0 Å². The molecular formula is C12H16O5. The van der Waals surface area contributed by atoms with Gasteiger partial charge in [-0.05, 0) is 13.8 Å². The van der Waals surface area contributed by atoms with E-state index in [9.17, 15) is 14.7 Å².